The lowest BCUT2D eigenvalue weighted by Gasteiger charge is -2.04. The third kappa shape index (κ3) is 2.23. The van der Waals surface area contributed by atoms with E-state index in [1.807, 2.05) is 0 Å². The van der Waals surface area contributed by atoms with Gasteiger partial charge in [-0.3, -0.25) is 4.40 Å². The third-order valence-corrected chi connectivity index (χ3v) is 3.35. The zero-order chi connectivity index (χ0) is 15.1. The molecule has 1 aromatic carbocycles. The Hall–Kier alpha value is -2.47. The lowest BCUT2D eigenvalue weighted by atomic mass is 10.1. The molecule has 3 rings (SSSR count). The Morgan fingerprint density at radius 3 is 2.76 bits per heavy atom. The van der Waals surface area contributed by atoms with Gasteiger partial charge < -0.3 is 5.11 Å². The highest BCUT2D eigenvalue weighted by Gasteiger charge is 2.17. The second kappa shape index (κ2) is 4.82. The van der Waals surface area contributed by atoms with E-state index in [4.69, 9.17) is 16.7 Å². The molecular formula is C14H9ClFN3O2. The van der Waals surface area contributed by atoms with Gasteiger partial charge in [-0.1, -0.05) is 17.7 Å². The molecule has 0 saturated heterocycles. The van der Waals surface area contributed by atoms with Gasteiger partial charge in [0.1, 0.15) is 5.82 Å². The van der Waals surface area contributed by atoms with E-state index < -0.39 is 11.8 Å². The zero-order valence-corrected chi connectivity index (χ0v) is 11.6. The molecule has 0 unspecified atom stereocenters. The van der Waals surface area contributed by atoms with Gasteiger partial charge in [-0.05, 0) is 30.7 Å². The molecule has 2 heterocycles. The summed E-state index contributed by atoms with van der Waals surface area (Å²) < 4.78 is 15.4. The minimum absolute atomic E-state index is 0.0268. The maximum atomic E-state index is 14.1. The van der Waals surface area contributed by atoms with E-state index in [1.54, 1.807) is 19.1 Å². The first-order valence-corrected chi connectivity index (χ1v) is 6.39. The minimum atomic E-state index is -1.14. The Bertz CT molecular complexity index is 876. The van der Waals surface area contributed by atoms with Gasteiger partial charge in [0.15, 0.2) is 11.5 Å². The van der Waals surface area contributed by atoms with Gasteiger partial charge >= 0.3 is 5.97 Å². The summed E-state index contributed by atoms with van der Waals surface area (Å²) in [5.74, 6) is -1.39. The summed E-state index contributed by atoms with van der Waals surface area (Å²) in [5, 5.41) is 17.0. The maximum absolute atomic E-state index is 14.1. The molecule has 7 heteroatoms. The van der Waals surface area contributed by atoms with Crippen LogP contribution in [-0.2, 0) is 0 Å². The maximum Gasteiger partial charge on any atom is 0.337 e. The van der Waals surface area contributed by atoms with Crippen LogP contribution in [0.25, 0.3) is 17.0 Å². The van der Waals surface area contributed by atoms with E-state index in [0.29, 0.717) is 0 Å². The number of carboxylic acid groups (broad SMARTS) is 1. The monoisotopic (exact) mass is 305 g/mol. The van der Waals surface area contributed by atoms with Crippen LogP contribution in [0.4, 0.5) is 4.39 Å². The SMILES string of the molecule is Cc1ccc(-c2nnc3c(Cl)cc(C(=O)O)cn23)c(F)c1. The molecule has 5 nitrogen and oxygen atoms in total. The number of rotatable bonds is 2. The van der Waals surface area contributed by atoms with Crippen LogP contribution in [0.1, 0.15) is 15.9 Å². The standard InChI is InChI=1S/C14H9ClFN3O2/c1-7-2-3-9(11(16)4-7)12-17-18-13-10(15)5-8(14(20)21)6-19(12)13/h2-6H,1H3,(H,20,21). The number of carboxylic acids is 1. The zero-order valence-electron chi connectivity index (χ0n) is 10.8. The Labute approximate surface area is 123 Å². The van der Waals surface area contributed by atoms with Crippen LogP contribution >= 0.6 is 11.6 Å². The highest BCUT2D eigenvalue weighted by atomic mass is 35.5. The van der Waals surface area contributed by atoms with Gasteiger partial charge in [0.25, 0.3) is 0 Å². The number of carbonyl (C=O) groups is 1. The molecule has 2 aromatic heterocycles. The molecule has 3 aromatic rings. The van der Waals surface area contributed by atoms with E-state index in [0.717, 1.165) is 5.56 Å². The molecule has 0 aliphatic carbocycles. The number of aromatic carboxylic acids is 1. The first-order valence-electron chi connectivity index (χ1n) is 6.01. The Morgan fingerprint density at radius 1 is 1.33 bits per heavy atom. The largest absolute Gasteiger partial charge is 0.478 e. The fourth-order valence-electron chi connectivity index (χ4n) is 2.06. The number of halogens is 2. The summed E-state index contributed by atoms with van der Waals surface area (Å²) in [6, 6.07) is 5.97. The molecule has 0 saturated carbocycles. The molecule has 0 aliphatic rings. The summed E-state index contributed by atoms with van der Waals surface area (Å²) in [7, 11) is 0. The van der Waals surface area contributed by atoms with Crippen LogP contribution in [0.2, 0.25) is 5.02 Å². The van der Waals surface area contributed by atoms with Crippen molar-refractivity contribution in [3.63, 3.8) is 0 Å². The van der Waals surface area contributed by atoms with Crippen LogP contribution in [0, 0.1) is 12.7 Å². The molecular weight excluding hydrogens is 297 g/mol. The van der Waals surface area contributed by atoms with Crippen molar-refractivity contribution in [3.05, 3.63) is 52.4 Å². The molecule has 0 spiro atoms. The number of hydrogen-bond donors (Lipinski definition) is 1. The topological polar surface area (TPSA) is 67.5 Å². The average Bonchev–Trinajstić information content (AvgIpc) is 2.83. The summed E-state index contributed by atoms with van der Waals surface area (Å²) in [4.78, 5) is 11.1. The summed E-state index contributed by atoms with van der Waals surface area (Å²) in [5.41, 5.74) is 1.25. The lowest BCUT2D eigenvalue weighted by Crippen LogP contribution is -2.01. The van der Waals surface area contributed by atoms with Crippen LogP contribution < -0.4 is 0 Å². The fourth-order valence-corrected chi connectivity index (χ4v) is 2.30. The minimum Gasteiger partial charge on any atom is -0.478 e. The van der Waals surface area contributed by atoms with Crippen molar-refractivity contribution in [3.8, 4) is 11.4 Å². The predicted molar refractivity (Wildman–Crippen MR) is 75.1 cm³/mol. The molecule has 0 fully saturated rings. The van der Waals surface area contributed by atoms with Crippen molar-refractivity contribution in [1.82, 2.24) is 14.6 Å². The van der Waals surface area contributed by atoms with Gasteiger partial charge in [0, 0.05) is 6.20 Å². The number of aromatic nitrogens is 3. The van der Waals surface area contributed by atoms with Gasteiger partial charge in [-0.25, -0.2) is 9.18 Å². The number of pyridine rings is 1. The van der Waals surface area contributed by atoms with Gasteiger partial charge in [-0.15, -0.1) is 10.2 Å². The van der Waals surface area contributed by atoms with E-state index in [9.17, 15) is 9.18 Å². The average molecular weight is 306 g/mol. The number of nitrogens with zero attached hydrogens (tertiary/aromatic N) is 3. The molecule has 1 N–H and O–H groups in total. The predicted octanol–water partition coefficient (Wildman–Crippen LogP) is 3.20. The van der Waals surface area contributed by atoms with Crippen molar-refractivity contribution in [2.45, 2.75) is 6.92 Å². The van der Waals surface area contributed by atoms with Crippen LogP contribution in [0.15, 0.2) is 30.5 Å². The van der Waals surface area contributed by atoms with E-state index >= 15 is 0 Å². The van der Waals surface area contributed by atoms with Crippen LogP contribution in [0.5, 0.6) is 0 Å². The highest BCUT2D eigenvalue weighted by molar-refractivity contribution is 6.33. The molecule has 0 aliphatic heterocycles. The second-order valence-corrected chi connectivity index (χ2v) is 4.99. The fraction of sp³-hybridized carbons (Fsp3) is 0.0714. The molecule has 0 amide bonds. The van der Waals surface area contributed by atoms with Crippen molar-refractivity contribution in [2.75, 3.05) is 0 Å². The molecule has 21 heavy (non-hydrogen) atoms. The summed E-state index contributed by atoms with van der Waals surface area (Å²) in [6.07, 6.45) is 1.32. The number of benzene rings is 1. The summed E-state index contributed by atoms with van der Waals surface area (Å²) in [6.45, 7) is 1.77. The molecule has 0 radical (unpaired) electrons. The van der Waals surface area contributed by atoms with Crippen molar-refractivity contribution in [1.29, 1.82) is 0 Å². The van der Waals surface area contributed by atoms with Crippen molar-refractivity contribution < 1.29 is 14.3 Å². The number of hydrogen-bond acceptors (Lipinski definition) is 3. The highest BCUT2D eigenvalue weighted by Crippen LogP contribution is 2.26. The number of aryl methyl sites for hydroxylation is 1. The normalized spacial score (nSPS) is 11.0. The van der Waals surface area contributed by atoms with E-state index in [2.05, 4.69) is 10.2 Å². The van der Waals surface area contributed by atoms with Gasteiger partial charge in [-0.2, -0.15) is 0 Å². The van der Waals surface area contributed by atoms with Gasteiger partial charge in [0.05, 0.1) is 16.1 Å². The Morgan fingerprint density at radius 2 is 2.10 bits per heavy atom. The van der Waals surface area contributed by atoms with Crippen LogP contribution in [-0.4, -0.2) is 25.7 Å². The quantitative estimate of drug-likeness (QED) is 0.789. The summed E-state index contributed by atoms with van der Waals surface area (Å²) >= 11 is 5.99. The first-order chi connectivity index (χ1) is 9.97. The number of fused-ring (bicyclic) bond motifs is 1. The molecule has 106 valence electrons. The van der Waals surface area contributed by atoms with Crippen molar-refractivity contribution in [2.24, 2.45) is 0 Å². The molecule has 0 atom stereocenters. The Kier molecular flexibility index (Phi) is 3.10. The van der Waals surface area contributed by atoms with E-state index in [-0.39, 0.29) is 27.6 Å². The van der Waals surface area contributed by atoms with E-state index in [1.165, 1.54) is 22.7 Å². The lowest BCUT2D eigenvalue weighted by molar-refractivity contribution is 0.0696. The molecule has 0 bridgehead atoms. The smallest absolute Gasteiger partial charge is 0.337 e. The second-order valence-electron chi connectivity index (χ2n) is 4.58. The van der Waals surface area contributed by atoms with Crippen molar-refractivity contribution >= 4 is 23.2 Å². The third-order valence-electron chi connectivity index (χ3n) is 3.07. The van der Waals surface area contributed by atoms with Gasteiger partial charge in [0.2, 0.25) is 0 Å². The van der Waals surface area contributed by atoms with Crippen LogP contribution in [0.3, 0.4) is 0 Å². The first kappa shape index (κ1) is 13.5. The Balaban J connectivity index is 2.30.